The second-order valence-electron chi connectivity index (χ2n) is 12.0. The van der Waals surface area contributed by atoms with Crippen molar-refractivity contribution in [2.45, 2.75) is 100 Å². The zero-order valence-corrected chi connectivity index (χ0v) is 21.7. The second kappa shape index (κ2) is 9.20. The number of carbonyl (C=O) groups excluding carboxylic acids is 1. The summed E-state index contributed by atoms with van der Waals surface area (Å²) in [5.41, 5.74) is 5.76. The molecule has 3 rings (SSSR count). The van der Waals surface area contributed by atoms with Crippen LogP contribution in [0.2, 0.25) is 0 Å². The summed E-state index contributed by atoms with van der Waals surface area (Å²) in [5, 5.41) is 0. The molecule has 0 aromatic carbocycles. The van der Waals surface area contributed by atoms with E-state index in [1.54, 1.807) is 6.08 Å². The van der Waals surface area contributed by atoms with E-state index in [4.69, 9.17) is 4.74 Å². The Hall–Kier alpha value is -1.83. The Morgan fingerprint density at radius 1 is 1.03 bits per heavy atom. The average Bonchev–Trinajstić information content (AvgIpc) is 3.00. The third kappa shape index (κ3) is 4.90. The normalized spacial score (nSPS) is 32.4. The molecule has 3 aliphatic rings. The molecule has 2 fully saturated rings. The highest BCUT2D eigenvalue weighted by Crippen LogP contribution is 2.66. The summed E-state index contributed by atoms with van der Waals surface area (Å²) in [6.45, 7) is 18.0. The first-order valence-electron chi connectivity index (χ1n) is 12.5. The first-order valence-corrected chi connectivity index (χ1v) is 12.5. The topological polar surface area (TPSA) is 26.3 Å². The highest BCUT2D eigenvalue weighted by molar-refractivity contribution is 5.83. The number of rotatable bonds is 6. The van der Waals surface area contributed by atoms with Crippen LogP contribution in [-0.4, -0.2) is 12.1 Å². The Bertz CT molecular complexity index is 890. The Labute approximate surface area is 196 Å². The van der Waals surface area contributed by atoms with E-state index in [2.05, 4.69) is 66.7 Å². The molecule has 32 heavy (non-hydrogen) atoms. The van der Waals surface area contributed by atoms with Crippen LogP contribution in [-0.2, 0) is 9.53 Å². The van der Waals surface area contributed by atoms with Gasteiger partial charge in [-0.25, -0.2) is 4.79 Å². The van der Waals surface area contributed by atoms with E-state index in [-0.39, 0.29) is 28.3 Å². The van der Waals surface area contributed by atoms with Gasteiger partial charge in [0, 0.05) is 11.5 Å². The van der Waals surface area contributed by atoms with E-state index in [1.807, 2.05) is 19.1 Å². The standard InChI is InChI=1S/C30H44O2/c1-21(14-15-25-23(3)13-10-17-28(25,4)5)11-9-12-22(2)19-27(31)32-26-20-24-16-18-30(26,8)29(24,6)7/h9,11-12,14-15,19,24,26H,10,13,16-18,20H2,1-8H3/b12-9+,15-14+,21-11+,22-19+/t24?,26-,30?/m0/s1. The quantitative estimate of drug-likeness (QED) is 0.238. The van der Waals surface area contributed by atoms with Gasteiger partial charge in [0.2, 0.25) is 0 Å². The molecule has 0 amide bonds. The van der Waals surface area contributed by atoms with Crippen molar-refractivity contribution in [2.24, 2.45) is 22.2 Å². The SMILES string of the molecule is CC1=C(/C=C/C(C)=C/C=C/C(C)=C/C(=O)O[C@H]2CC3CCC2(C)C3(C)C)C(C)(C)CCC1. The van der Waals surface area contributed by atoms with E-state index in [0.717, 1.165) is 18.4 Å². The highest BCUT2D eigenvalue weighted by Gasteiger charge is 2.62. The van der Waals surface area contributed by atoms with Gasteiger partial charge < -0.3 is 4.74 Å². The fourth-order valence-corrected chi connectivity index (χ4v) is 6.35. The van der Waals surface area contributed by atoms with Crippen LogP contribution in [0.25, 0.3) is 0 Å². The van der Waals surface area contributed by atoms with Crippen LogP contribution < -0.4 is 0 Å². The third-order valence-corrected chi connectivity index (χ3v) is 9.09. The largest absolute Gasteiger partial charge is 0.459 e. The van der Waals surface area contributed by atoms with Crippen molar-refractivity contribution in [3.8, 4) is 0 Å². The lowest BCUT2D eigenvalue weighted by molar-refractivity contribution is -0.150. The molecule has 0 aromatic rings. The first-order chi connectivity index (χ1) is 14.9. The summed E-state index contributed by atoms with van der Waals surface area (Å²) in [6.07, 6.45) is 19.5. The maximum atomic E-state index is 12.5. The molecule has 2 heteroatoms. The number of esters is 1. The number of ether oxygens (including phenoxy) is 1. The first kappa shape index (κ1) is 24.8. The zero-order valence-electron chi connectivity index (χ0n) is 21.7. The van der Waals surface area contributed by atoms with E-state index in [9.17, 15) is 4.79 Å². The van der Waals surface area contributed by atoms with Crippen LogP contribution in [0.3, 0.4) is 0 Å². The Kier molecular flexibility index (Phi) is 7.13. The Morgan fingerprint density at radius 2 is 1.75 bits per heavy atom. The van der Waals surface area contributed by atoms with Crippen LogP contribution >= 0.6 is 0 Å². The molecule has 2 unspecified atom stereocenters. The minimum atomic E-state index is -0.204. The van der Waals surface area contributed by atoms with Crippen LogP contribution in [0.4, 0.5) is 0 Å². The summed E-state index contributed by atoms with van der Waals surface area (Å²) in [6, 6.07) is 0. The fourth-order valence-electron chi connectivity index (χ4n) is 6.35. The van der Waals surface area contributed by atoms with Crippen LogP contribution in [0.15, 0.2) is 58.7 Å². The van der Waals surface area contributed by atoms with Gasteiger partial charge in [-0.3, -0.25) is 0 Å². The minimum Gasteiger partial charge on any atom is -0.459 e. The lowest BCUT2D eigenvalue weighted by Gasteiger charge is -2.38. The third-order valence-electron chi connectivity index (χ3n) is 9.09. The molecular weight excluding hydrogens is 392 g/mol. The van der Waals surface area contributed by atoms with E-state index < -0.39 is 0 Å². The van der Waals surface area contributed by atoms with Crippen molar-refractivity contribution in [2.75, 3.05) is 0 Å². The Morgan fingerprint density at radius 3 is 2.34 bits per heavy atom. The van der Waals surface area contributed by atoms with Gasteiger partial charge >= 0.3 is 5.97 Å². The molecular formula is C30H44O2. The van der Waals surface area contributed by atoms with Crippen LogP contribution in [0.5, 0.6) is 0 Å². The monoisotopic (exact) mass is 436 g/mol. The number of fused-ring (bicyclic) bond motifs is 2. The number of carbonyl (C=O) groups is 1. The molecule has 0 heterocycles. The van der Waals surface area contributed by atoms with Crippen molar-refractivity contribution in [3.05, 3.63) is 58.7 Å². The molecule has 0 N–H and O–H groups in total. The van der Waals surface area contributed by atoms with E-state index in [0.29, 0.717) is 5.92 Å². The lowest BCUT2D eigenvalue weighted by Crippen LogP contribution is -2.38. The van der Waals surface area contributed by atoms with Crippen molar-refractivity contribution in [1.29, 1.82) is 0 Å². The smallest absolute Gasteiger partial charge is 0.331 e. The summed E-state index contributed by atoms with van der Waals surface area (Å²) in [7, 11) is 0. The van der Waals surface area contributed by atoms with Crippen LogP contribution in [0.1, 0.15) is 93.9 Å². The van der Waals surface area contributed by atoms with Crippen molar-refractivity contribution in [1.82, 2.24) is 0 Å². The number of hydrogen-bond acceptors (Lipinski definition) is 2. The highest BCUT2D eigenvalue weighted by atomic mass is 16.5. The fraction of sp³-hybridized carbons (Fsp3) is 0.633. The number of hydrogen-bond donors (Lipinski definition) is 0. The van der Waals surface area contributed by atoms with Gasteiger partial charge in [-0.1, -0.05) is 76.1 Å². The van der Waals surface area contributed by atoms with E-state index >= 15 is 0 Å². The molecule has 2 nitrogen and oxygen atoms in total. The maximum absolute atomic E-state index is 12.5. The summed E-state index contributed by atoms with van der Waals surface area (Å²) in [4.78, 5) is 12.5. The molecule has 0 spiro atoms. The average molecular weight is 437 g/mol. The van der Waals surface area contributed by atoms with Crippen molar-refractivity contribution in [3.63, 3.8) is 0 Å². The van der Waals surface area contributed by atoms with Crippen molar-refractivity contribution >= 4 is 5.97 Å². The molecule has 2 saturated carbocycles. The maximum Gasteiger partial charge on any atom is 0.331 e. The van der Waals surface area contributed by atoms with Gasteiger partial charge in [0.1, 0.15) is 6.10 Å². The molecule has 3 atom stereocenters. The summed E-state index contributed by atoms with van der Waals surface area (Å²) in [5.74, 6) is 0.472. The van der Waals surface area contributed by atoms with Gasteiger partial charge in [0.25, 0.3) is 0 Å². The molecule has 0 aliphatic heterocycles. The molecule has 0 radical (unpaired) electrons. The van der Waals surface area contributed by atoms with Gasteiger partial charge in [0.05, 0.1) is 0 Å². The predicted molar refractivity (Wildman–Crippen MR) is 135 cm³/mol. The molecule has 176 valence electrons. The van der Waals surface area contributed by atoms with Gasteiger partial charge in [0.15, 0.2) is 0 Å². The second-order valence-corrected chi connectivity index (χ2v) is 12.0. The molecule has 0 aromatic heterocycles. The zero-order chi connectivity index (χ0) is 23.7. The van der Waals surface area contributed by atoms with E-state index in [1.165, 1.54) is 42.4 Å². The molecule has 0 saturated heterocycles. The summed E-state index contributed by atoms with van der Waals surface area (Å²) >= 11 is 0. The van der Waals surface area contributed by atoms with Crippen LogP contribution in [0, 0.1) is 22.2 Å². The lowest BCUT2D eigenvalue weighted by atomic mass is 9.70. The van der Waals surface area contributed by atoms with Gasteiger partial charge in [-0.2, -0.15) is 0 Å². The predicted octanol–water partition coefficient (Wildman–Crippen LogP) is 8.28. The molecule has 2 bridgehead atoms. The molecule has 3 aliphatic carbocycles. The van der Waals surface area contributed by atoms with Gasteiger partial charge in [-0.15, -0.1) is 0 Å². The number of allylic oxidation sites excluding steroid dienone is 9. The van der Waals surface area contributed by atoms with Gasteiger partial charge in [-0.05, 0) is 87.2 Å². The van der Waals surface area contributed by atoms with Crippen molar-refractivity contribution < 1.29 is 9.53 Å². The summed E-state index contributed by atoms with van der Waals surface area (Å²) < 4.78 is 5.94. The minimum absolute atomic E-state index is 0.0471. The Balaban J connectivity index is 1.57.